The normalized spacial score (nSPS) is 13.2. The number of hydrogen-bond acceptors (Lipinski definition) is 7. The van der Waals surface area contributed by atoms with Crippen LogP contribution >= 0.6 is 0 Å². The predicted molar refractivity (Wildman–Crippen MR) is 123 cm³/mol. The molecule has 0 amide bonds. The number of nitrogens with zero attached hydrogens (tertiary/aromatic N) is 4. The molecule has 0 bridgehead atoms. The Hall–Kier alpha value is -3.97. The van der Waals surface area contributed by atoms with Crippen molar-refractivity contribution in [3.05, 3.63) is 85.2 Å². The largest absolute Gasteiger partial charge is 0.359 e. The SMILES string of the molecule is c1ccc(Nc2ccc(-c3ccnc(Nc4ccc(N5CCOC5)cc4)n3)cc2)nc1. The van der Waals surface area contributed by atoms with E-state index in [2.05, 4.69) is 42.6 Å². The molecule has 1 saturated heterocycles. The Kier molecular flexibility index (Phi) is 5.40. The molecule has 7 nitrogen and oxygen atoms in total. The second-order valence-electron chi connectivity index (χ2n) is 7.16. The van der Waals surface area contributed by atoms with E-state index < -0.39 is 0 Å². The lowest BCUT2D eigenvalue weighted by atomic mass is 10.1. The van der Waals surface area contributed by atoms with Crippen molar-refractivity contribution in [2.75, 3.05) is 35.4 Å². The van der Waals surface area contributed by atoms with Crippen molar-refractivity contribution >= 4 is 28.8 Å². The standard InChI is InChI=1S/C24H22N6O/c1-2-13-25-23(3-1)27-19-6-4-18(5-7-19)22-12-14-26-24(29-22)28-20-8-10-21(11-9-20)30-15-16-31-17-30/h1-14H,15-17H2,(H,25,27)(H,26,28,29). The fourth-order valence-electron chi connectivity index (χ4n) is 3.39. The van der Waals surface area contributed by atoms with Crippen molar-refractivity contribution in [2.45, 2.75) is 0 Å². The van der Waals surface area contributed by atoms with Gasteiger partial charge in [-0.05, 0) is 54.6 Å². The first-order valence-electron chi connectivity index (χ1n) is 10.1. The van der Waals surface area contributed by atoms with E-state index in [4.69, 9.17) is 4.74 Å². The van der Waals surface area contributed by atoms with Gasteiger partial charge in [0.05, 0.1) is 12.3 Å². The maximum Gasteiger partial charge on any atom is 0.227 e. The summed E-state index contributed by atoms with van der Waals surface area (Å²) in [5, 5.41) is 6.57. The minimum absolute atomic E-state index is 0.561. The van der Waals surface area contributed by atoms with Crippen molar-refractivity contribution < 1.29 is 4.74 Å². The first-order valence-corrected chi connectivity index (χ1v) is 10.1. The van der Waals surface area contributed by atoms with Crippen LogP contribution in [0.4, 0.5) is 28.8 Å². The molecule has 0 saturated carbocycles. The van der Waals surface area contributed by atoms with Gasteiger partial charge in [0, 0.05) is 41.6 Å². The van der Waals surface area contributed by atoms with Crippen LogP contribution < -0.4 is 15.5 Å². The molecule has 1 fully saturated rings. The first kappa shape index (κ1) is 19.0. The zero-order chi connectivity index (χ0) is 20.9. The van der Waals surface area contributed by atoms with Gasteiger partial charge in [-0.2, -0.15) is 0 Å². The van der Waals surface area contributed by atoms with Crippen molar-refractivity contribution in [1.82, 2.24) is 15.0 Å². The lowest BCUT2D eigenvalue weighted by molar-refractivity contribution is 0.201. The predicted octanol–water partition coefficient (Wildman–Crippen LogP) is 4.82. The Morgan fingerprint density at radius 1 is 0.774 bits per heavy atom. The summed E-state index contributed by atoms with van der Waals surface area (Å²) in [6, 6.07) is 24.0. The maximum absolute atomic E-state index is 5.41. The Balaban J connectivity index is 1.27. The van der Waals surface area contributed by atoms with E-state index in [0.29, 0.717) is 12.7 Å². The summed E-state index contributed by atoms with van der Waals surface area (Å²) < 4.78 is 5.41. The van der Waals surface area contributed by atoms with Gasteiger partial charge in [0.1, 0.15) is 12.5 Å². The van der Waals surface area contributed by atoms with Gasteiger partial charge in [0.25, 0.3) is 0 Å². The third-order valence-corrected chi connectivity index (χ3v) is 5.01. The van der Waals surface area contributed by atoms with Crippen LogP contribution in [0.1, 0.15) is 0 Å². The van der Waals surface area contributed by atoms with Crippen LogP contribution in [0.15, 0.2) is 85.2 Å². The molecule has 0 atom stereocenters. The Bertz CT molecular complexity index is 1130. The zero-order valence-electron chi connectivity index (χ0n) is 16.9. The van der Waals surface area contributed by atoms with Crippen molar-refractivity contribution in [3.63, 3.8) is 0 Å². The second-order valence-corrected chi connectivity index (χ2v) is 7.16. The molecule has 7 heteroatoms. The number of aromatic nitrogens is 3. The van der Waals surface area contributed by atoms with Crippen molar-refractivity contribution in [2.24, 2.45) is 0 Å². The topological polar surface area (TPSA) is 75.2 Å². The molecule has 5 rings (SSSR count). The average Bonchev–Trinajstić information content (AvgIpc) is 3.36. The van der Waals surface area contributed by atoms with Gasteiger partial charge < -0.3 is 20.3 Å². The van der Waals surface area contributed by atoms with E-state index in [1.165, 1.54) is 0 Å². The van der Waals surface area contributed by atoms with E-state index in [0.717, 1.165) is 47.3 Å². The molecule has 0 unspecified atom stereocenters. The van der Waals surface area contributed by atoms with Gasteiger partial charge in [0.15, 0.2) is 0 Å². The lowest BCUT2D eigenvalue weighted by Crippen LogP contribution is -2.18. The summed E-state index contributed by atoms with van der Waals surface area (Å²) in [7, 11) is 0. The van der Waals surface area contributed by atoms with Crippen LogP contribution in [-0.4, -0.2) is 34.8 Å². The summed E-state index contributed by atoms with van der Waals surface area (Å²) in [4.78, 5) is 15.5. The summed E-state index contributed by atoms with van der Waals surface area (Å²) in [5.41, 5.74) is 4.93. The Morgan fingerprint density at radius 2 is 1.58 bits per heavy atom. The van der Waals surface area contributed by atoms with Crippen LogP contribution in [0.5, 0.6) is 0 Å². The third kappa shape index (κ3) is 4.62. The zero-order valence-corrected chi connectivity index (χ0v) is 16.9. The second kappa shape index (κ2) is 8.81. The molecule has 1 aliphatic heterocycles. The number of ether oxygens (including phenoxy) is 1. The molecule has 2 aromatic carbocycles. The summed E-state index contributed by atoms with van der Waals surface area (Å²) >= 11 is 0. The number of benzene rings is 2. The molecule has 0 radical (unpaired) electrons. The fourth-order valence-corrected chi connectivity index (χ4v) is 3.39. The summed E-state index contributed by atoms with van der Waals surface area (Å²) in [6.45, 7) is 2.35. The summed E-state index contributed by atoms with van der Waals surface area (Å²) in [5.74, 6) is 1.37. The highest BCUT2D eigenvalue weighted by atomic mass is 16.5. The minimum Gasteiger partial charge on any atom is -0.359 e. The molecule has 0 aliphatic carbocycles. The molecular weight excluding hydrogens is 388 g/mol. The average molecular weight is 410 g/mol. The van der Waals surface area contributed by atoms with Crippen LogP contribution in [0.2, 0.25) is 0 Å². The van der Waals surface area contributed by atoms with Crippen LogP contribution in [0.25, 0.3) is 11.3 Å². The molecule has 2 aromatic heterocycles. The van der Waals surface area contributed by atoms with Crippen molar-refractivity contribution in [1.29, 1.82) is 0 Å². The van der Waals surface area contributed by atoms with Gasteiger partial charge in [-0.1, -0.05) is 18.2 Å². The van der Waals surface area contributed by atoms with Gasteiger partial charge in [-0.15, -0.1) is 0 Å². The highest BCUT2D eigenvalue weighted by molar-refractivity contribution is 5.67. The van der Waals surface area contributed by atoms with E-state index in [9.17, 15) is 0 Å². The Morgan fingerprint density at radius 3 is 2.32 bits per heavy atom. The van der Waals surface area contributed by atoms with Crippen LogP contribution in [0.3, 0.4) is 0 Å². The molecule has 4 aromatic rings. The number of hydrogen-bond donors (Lipinski definition) is 2. The monoisotopic (exact) mass is 410 g/mol. The minimum atomic E-state index is 0.561. The molecule has 0 spiro atoms. The molecule has 1 aliphatic rings. The van der Waals surface area contributed by atoms with E-state index in [1.807, 2.05) is 60.7 Å². The highest BCUT2D eigenvalue weighted by Gasteiger charge is 2.12. The smallest absolute Gasteiger partial charge is 0.227 e. The molecular formula is C24H22N6O. The molecule has 2 N–H and O–H groups in total. The van der Waals surface area contributed by atoms with E-state index in [1.54, 1.807) is 12.4 Å². The Labute approximate surface area is 180 Å². The van der Waals surface area contributed by atoms with Gasteiger partial charge in [-0.25, -0.2) is 15.0 Å². The number of rotatable bonds is 6. The van der Waals surface area contributed by atoms with Gasteiger partial charge >= 0.3 is 0 Å². The van der Waals surface area contributed by atoms with E-state index in [-0.39, 0.29) is 0 Å². The number of nitrogens with one attached hydrogen (secondary N) is 2. The van der Waals surface area contributed by atoms with Crippen LogP contribution in [0, 0.1) is 0 Å². The number of pyridine rings is 1. The quantitative estimate of drug-likeness (QED) is 0.472. The lowest BCUT2D eigenvalue weighted by Gasteiger charge is -2.16. The van der Waals surface area contributed by atoms with E-state index >= 15 is 0 Å². The first-order chi connectivity index (χ1) is 15.3. The van der Waals surface area contributed by atoms with Crippen molar-refractivity contribution in [3.8, 4) is 11.3 Å². The van der Waals surface area contributed by atoms with Gasteiger partial charge in [0.2, 0.25) is 5.95 Å². The molecule has 3 heterocycles. The molecule has 31 heavy (non-hydrogen) atoms. The summed E-state index contributed by atoms with van der Waals surface area (Å²) in [6.07, 6.45) is 3.53. The van der Waals surface area contributed by atoms with Gasteiger partial charge in [-0.3, -0.25) is 0 Å². The fraction of sp³-hybridized carbons (Fsp3) is 0.125. The highest BCUT2D eigenvalue weighted by Crippen LogP contribution is 2.24. The third-order valence-electron chi connectivity index (χ3n) is 5.01. The maximum atomic E-state index is 5.41. The molecule has 154 valence electrons. The van der Waals surface area contributed by atoms with Crippen LogP contribution in [-0.2, 0) is 4.74 Å². The number of anilines is 5.